The Morgan fingerprint density at radius 2 is 1.46 bits per heavy atom. The summed E-state index contributed by atoms with van der Waals surface area (Å²) in [5.41, 5.74) is 18.3. The predicted molar refractivity (Wildman–Crippen MR) is 219 cm³/mol. The molecule has 0 radical (unpaired) electrons. The highest BCUT2D eigenvalue weighted by atomic mass is 16.5. The fourth-order valence-corrected chi connectivity index (χ4v) is 11.8. The van der Waals surface area contributed by atoms with E-state index in [0.717, 1.165) is 70.9 Å². The first-order valence-corrected chi connectivity index (χ1v) is 22.6. The third-order valence-electron chi connectivity index (χ3n) is 14.8. The minimum absolute atomic E-state index is 0.191. The molecule has 0 spiro atoms. The van der Waals surface area contributed by atoms with Crippen LogP contribution in [0.2, 0.25) is 0 Å². The third kappa shape index (κ3) is 12.0. The molecule has 11 atom stereocenters. The van der Waals surface area contributed by atoms with Gasteiger partial charge in [-0.15, -0.1) is 0 Å². The van der Waals surface area contributed by atoms with E-state index in [1.807, 2.05) is 0 Å². The molecule has 11 unspecified atom stereocenters. The number of nitrogens with one attached hydrogen (secondary N) is 1. The summed E-state index contributed by atoms with van der Waals surface area (Å²) in [6.45, 7) is 17.0. The van der Waals surface area contributed by atoms with Crippen LogP contribution < -0.4 is 22.5 Å². The van der Waals surface area contributed by atoms with Gasteiger partial charge in [-0.3, -0.25) is 0 Å². The second kappa shape index (κ2) is 23.5. The van der Waals surface area contributed by atoms with Crippen LogP contribution in [0.4, 0.5) is 0 Å². The summed E-state index contributed by atoms with van der Waals surface area (Å²) in [5, 5.41) is 3.76. The summed E-state index contributed by atoms with van der Waals surface area (Å²) in [7, 11) is 0. The quantitative estimate of drug-likeness (QED) is 0.0493. The van der Waals surface area contributed by atoms with Crippen LogP contribution in [-0.2, 0) is 14.2 Å². The number of allylic oxidation sites excluding steroid dienone is 2. The highest BCUT2D eigenvalue weighted by Crippen LogP contribution is 2.69. The first kappa shape index (κ1) is 44.2. The summed E-state index contributed by atoms with van der Waals surface area (Å²) in [5.74, 6) is 3.99. The topological polar surface area (TPSA) is 118 Å². The summed E-state index contributed by atoms with van der Waals surface area (Å²) < 4.78 is 20.5. The molecule has 4 aliphatic rings. The smallest absolute Gasteiger partial charge is 0.0637 e. The molecule has 304 valence electrons. The van der Waals surface area contributed by atoms with Gasteiger partial charge in [0.2, 0.25) is 0 Å². The maximum Gasteiger partial charge on any atom is 0.0637 e. The van der Waals surface area contributed by atoms with Gasteiger partial charge >= 0.3 is 0 Å². The number of nitrogens with two attached hydrogens (primary N) is 3. The Balaban J connectivity index is 1.38. The monoisotopic (exact) mass is 731 g/mol. The Labute approximate surface area is 321 Å². The zero-order chi connectivity index (χ0) is 37.2. The number of fused-ring (bicyclic) bond motifs is 5. The lowest BCUT2D eigenvalue weighted by Gasteiger charge is -2.64. The molecule has 4 aliphatic carbocycles. The number of hydrogen-bond acceptors (Lipinski definition) is 7. The fourth-order valence-electron chi connectivity index (χ4n) is 11.8. The number of unbranched alkanes of at least 4 members (excludes halogenated alkanes) is 5. The maximum atomic E-state index is 7.05. The van der Waals surface area contributed by atoms with Gasteiger partial charge in [0.05, 0.1) is 18.3 Å². The minimum atomic E-state index is 0.191. The first-order valence-electron chi connectivity index (χ1n) is 22.6. The maximum absolute atomic E-state index is 7.05. The molecule has 0 aromatic carbocycles. The van der Waals surface area contributed by atoms with E-state index < -0.39 is 0 Å². The van der Waals surface area contributed by atoms with Crippen molar-refractivity contribution in [3.05, 3.63) is 12.2 Å². The number of hydrogen-bond donors (Lipinski definition) is 4. The molecular formula is C45H86N4O3. The van der Waals surface area contributed by atoms with Crippen molar-refractivity contribution in [3.63, 3.8) is 0 Å². The Morgan fingerprint density at radius 1 is 0.731 bits per heavy atom. The predicted octanol–water partition coefficient (Wildman–Crippen LogP) is 8.77. The molecule has 0 aliphatic heterocycles. The highest BCUT2D eigenvalue weighted by Gasteiger charge is 2.66. The molecule has 7 N–H and O–H groups in total. The van der Waals surface area contributed by atoms with Crippen LogP contribution in [0.25, 0.3) is 0 Å². The van der Waals surface area contributed by atoms with Gasteiger partial charge in [0.1, 0.15) is 0 Å². The molecule has 0 heterocycles. The SMILES string of the molecule is CCC=CCCCCCCNCCCC(C)CC1CCC2C3C(OCCCN)CC4CC(OCCCCN)CCC4(C)C3CC(OCCCN)C12C. The molecule has 4 fully saturated rings. The van der Waals surface area contributed by atoms with E-state index in [1.165, 1.54) is 103 Å². The van der Waals surface area contributed by atoms with E-state index >= 15 is 0 Å². The first-order chi connectivity index (χ1) is 25.3. The highest BCUT2D eigenvalue weighted by molar-refractivity contribution is 5.15. The van der Waals surface area contributed by atoms with Crippen molar-refractivity contribution in [2.45, 2.75) is 174 Å². The van der Waals surface area contributed by atoms with Crippen molar-refractivity contribution in [2.24, 2.45) is 63.5 Å². The second-order valence-electron chi connectivity index (χ2n) is 18.2. The van der Waals surface area contributed by atoms with Crippen LogP contribution in [-0.4, -0.2) is 70.9 Å². The van der Waals surface area contributed by atoms with E-state index in [4.69, 9.17) is 31.4 Å². The molecule has 0 aromatic heterocycles. The van der Waals surface area contributed by atoms with Gasteiger partial charge in [0, 0.05) is 19.8 Å². The molecule has 0 aromatic rings. The van der Waals surface area contributed by atoms with Crippen LogP contribution in [0.15, 0.2) is 12.2 Å². The average Bonchev–Trinajstić information content (AvgIpc) is 3.47. The Morgan fingerprint density at radius 3 is 2.23 bits per heavy atom. The van der Waals surface area contributed by atoms with Crippen molar-refractivity contribution in [1.82, 2.24) is 5.32 Å². The lowest BCUT2D eigenvalue weighted by molar-refractivity contribution is -0.226. The van der Waals surface area contributed by atoms with E-state index in [2.05, 4.69) is 45.2 Å². The Kier molecular flexibility index (Phi) is 20.0. The summed E-state index contributed by atoms with van der Waals surface area (Å²) in [6, 6.07) is 0. The van der Waals surface area contributed by atoms with Gasteiger partial charge in [-0.2, -0.15) is 0 Å². The molecule has 7 heteroatoms. The zero-order valence-corrected chi connectivity index (χ0v) is 34.6. The molecule has 4 saturated carbocycles. The second-order valence-corrected chi connectivity index (χ2v) is 18.2. The number of rotatable bonds is 27. The Bertz CT molecular complexity index is 982. The van der Waals surface area contributed by atoms with E-state index in [-0.39, 0.29) is 5.41 Å². The van der Waals surface area contributed by atoms with Crippen molar-refractivity contribution in [3.8, 4) is 0 Å². The van der Waals surface area contributed by atoms with Gasteiger partial charge in [0.15, 0.2) is 0 Å². The van der Waals surface area contributed by atoms with Crippen LogP contribution in [0.1, 0.15) is 156 Å². The van der Waals surface area contributed by atoms with Gasteiger partial charge in [-0.05, 0) is 195 Å². The van der Waals surface area contributed by atoms with Gasteiger partial charge in [-0.1, -0.05) is 52.7 Å². The van der Waals surface area contributed by atoms with E-state index in [1.54, 1.807) is 0 Å². The van der Waals surface area contributed by atoms with Crippen LogP contribution in [0, 0.1) is 46.3 Å². The normalized spacial score (nSPS) is 35.1. The van der Waals surface area contributed by atoms with Gasteiger partial charge < -0.3 is 36.7 Å². The van der Waals surface area contributed by atoms with Gasteiger partial charge in [-0.25, -0.2) is 0 Å². The van der Waals surface area contributed by atoms with E-state index in [0.29, 0.717) is 66.4 Å². The van der Waals surface area contributed by atoms with Crippen LogP contribution in [0.5, 0.6) is 0 Å². The third-order valence-corrected chi connectivity index (χ3v) is 14.8. The van der Waals surface area contributed by atoms with Crippen LogP contribution >= 0.6 is 0 Å². The zero-order valence-electron chi connectivity index (χ0n) is 34.6. The molecule has 4 rings (SSSR count). The van der Waals surface area contributed by atoms with Gasteiger partial charge in [0.25, 0.3) is 0 Å². The fraction of sp³-hybridized carbons (Fsp3) is 0.956. The van der Waals surface area contributed by atoms with E-state index in [9.17, 15) is 0 Å². The summed E-state index contributed by atoms with van der Waals surface area (Å²) in [6.07, 6.45) is 30.0. The number of ether oxygens (including phenoxy) is 3. The largest absolute Gasteiger partial charge is 0.378 e. The van der Waals surface area contributed by atoms with Crippen molar-refractivity contribution >= 4 is 0 Å². The standard InChI is InChI=1S/C45H86N4O3/c1-5-6-7-8-9-10-11-13-26-49-27-15-18-35(2)31-36-19-20-39-43-40(34-42(45(36,39)4)52-30-17-25-48)44(3)22-21-38(50-28-14-12-23-46)32-37(44)33-41(43)51-29-16-24-47/h6-7,35-43,49H,5,8-34,46-48H2,1-4H3. The molecule has 0 bridgehead atoms. The molecular weight excluding hydrogens is 645 g/mol. The van der Waals surface area contributed by atoms with Crippen LogP contribution in [0.3, 0.4) is 0 Å². The summed E-state index contributed by atoms with van der Waals surface area (Å²) >= 11 is 0. The minimum Gasteiger partial charge on any atom is -0.378 e. The lowest BCUT2D eigenvalue weighted by Crippen LogP contribution is -2.63. The Hall–Kier alpha value is -0.540. The lowest BCUT2D eigenvalue weighted by atomic mass is 9.43. The summed E-state index contributed by atoms with van der Waals surface area (Å²) in [4.78, 5) is 0. The average molecular weight is 731 g/mol. The molecule has 7 nitrogen and oxygen atoms in total. The molecule has 0 amide bonds. The van der Waals surface area contributed by atoms with Crippen molar-refractivity contribution < 1.29 is 14.2 Å². The molecule has 0 saturated heterocycles. The molecule has 52 heavy (non-hydrogen) atoms. The van der Waals surface area contributed by atoms with Crippen molar-refractivity contribution in [1.29, 1.82) is 0 Å². The van der Waals surface area contributed by atoms with Crippen molar-refractivity contribution in [2.75, 3.05) is 52.5 Å².